The van der Waals surface area contributed by atoms with Crippen LogP contribution in [0.1, 0.15) is 44.9 Å². The molecule has 1 aliphatic rings. The minimum atomic E-state index is 0.708. The van der Waals surface area contributed by atoms with Crippen LogP contribution in [0.15, 0.2) is 0 Å². The Kier molecular flexibility index (Phi) is 7.81. The van der Waals surface area contributed by atoms with Gasteiger partial charge in [0.05, 0.1) is 0 Å². The molecule has 1 rings (SSSR count). The number of nitrogens with two attached hydrogens (primary N) is 1. The fraction of sp³-hybridized carbons (Fsp3) is 1.00. The van der Waals surface area contributed by atoms with Crippen LogP contribution in [0.3, 0.4) is 0 Å². The van der Waals surface area contributed by atoms with Crippen molar-refractivity contribution in [3.05, 3.63) is 0 Å². The topological polar surface area (TPSA) is 50.1 Å². The Morgan fingerprint density at radius 3 is 2.56 bits per heavy atom. The fourth-order valence-corrected chi connectivity index (χ4v) is 2.73. The van der Waals surface area contributed by atoms with Crippen LogP contribution < -0.4 is 16.4 Å². The van der Waals surface area contributed by atoms with Crippen LogP contribution in [0.25, 0.3) is 0 Å². The maximum absolute atomic E-state index is 5.54. The van der Waals surface area contributed by atoms with Crippen molar-refractivity contribution in [1.82, 2.24) is 10.6 Å². The lowest BCUT2D eigenvalue weighted by molar-refractivity contribution is 0.257. The quantitative estimate of drug-likeness (QED) is 0.551. The Bertz CT molecular complexity index is 155. The summed E-state index contributed by atoms with van der Waals surface area (Å²) < 4.78 is 0. The number of nitrogens with one attached hydrogen (secondary N) is 2. The highest BCUT2D eigenvalue weighted by molar-refractivity contribution is 4.79. The van der Waals surface area contributed by atoms with Crippen LogP contribution in [0.4, 0.5) is 0 Å². The van der Waals surface area contributed by atoms with Crippen molar-refractivity contribution >= 4 is 0 Å². The molecule has 1 atom stereocenters. The van der Waals surface area contributed by atoms with E-state index in [1.807, 2.05) is 7.05 Å². The number of hydrogen-bond donors (Lipinski definition) is 3. The molecule has 0 aromatic heterocycles. The van der Waals surface area contributed by atoms with Crippen LogP contribution in [-0.4, -0.2) is 32.7 Å². The molecule has 1 fully saturated rings. The van der Waals surface area contributed by atoms with E-state index in [2.05, 4.69) is 10.6 Å². The first-order chi connectivity index (χ1) is 7.88. The molecule has 0 radical (unpaired) electrons. The Morgan fingerprint density at radius 1 is 1.19 bits per heavy atom. The Labute approximate surface area is 101 Å². The molecule has 1 unspecified atom stereocenters. The lowest BCUT2D eigenvalue weighted by Gasteiger charge is -2.31. The molecule has 4 N–H and O–H groups in total. The van der Waals surface area contributed by atoms with Crippen molar-refractivity contribution in [2.75, 3.05) is 26.7 Å². The number of hydrogen-bond acceptors (Lipinski definition) is 3. The smallest absolute Gasteiger partial charge is 0.0107 e. The largest absolute Gasteiger partial charge is 0.330 e. The van der Waals surface area contributed by atoms with Crippen molar-refractivity contribution in [3.8, 4) is 0 Å². The van der Waals surface area contributed by atoms with Gasteiger partial charge in [0.2, 0.25) is 0 Å². The van der Waals surface area contributed by atoms with Gasteiger partial charge in [-0.3, -0.25) is 0 Å². The summed E-state index contributed by atoms with van der Waals surface area (Å²) in [5, 5.41) is 6.97. The second kappa shape index (κ2) is 8.97. The van der Waals surface area contributed by atoms with Crippen LogP contribution in [-0.2, 0) is 0 Å². The molecule has 0 aliphatic heterocycles. The third-order valence-corrected chi connectivity index (χ3v) is 3.71. The molecule has 96 valence electrons. The molecular weight excluding hydrogens is 198 g/mol. The van der Waals surface area contributed by atoms with E-state index in [0.29, 0.717) is 6.04 Å². The normalized spacial score (nSPS) is 19.9. The van der Waals surface area contributed by atoms with Gasteiger partial charge >= 0.3 is 0 Å². The number of rotatable bonds is 8. The summed E-state index contributed by atoms with van der Waals surface area (Å²) in [7, 11) is 2.04. The summed E-state index contributed by atoms with van der Waals surface area (Å²) in [5.41, 5.74) is 5.54. The molecule has 0 spiro atoms. The minimum Gasteiger partial charge on any atom is -0.330 e. The third-order valence-electron chi connectivity index (χ3n) is 3.71. The Balaban J connectivity index is 2.28. The van der Waals surface area contributed by atoms with Gasteiger partial charge in [-0.2, -0.15) is 0 Å². The summed E-state index contributed by atoms with van der Waals surface area (Å²) in [6, 6.07) is 0.708. The molecule has 16 heavy (non-hydrogen) atoms. The Morgan fingerprint density at radius 2 is 1.94 bits per heavy atom. The predicted molar refractivity (Wildman–Crippen MR) is 70.6 cm³/mol. The summed E-state index contributed by atoms with van der Waals surface area (Å²) in [5.74, 6) is 0.903. The third kappa shape index (κ3) is 5.28. The van der Waals surface area contributed by atoms with E-state index < -0.39 is 0 Å². The van der Waals surface area contributed by atoms with Crippen molar-refractivity contribution in [2.45, 2.75) is 51.0 Å². The van der Waals surface area contributed by atoms with Gasteiger partial charge in [0.1, 0.15) is 0 Å². The van der Waals surface area contributed by atoms with Gasteiger partial charge in [-0.1, -0.05) is 19.3 Å². The molecule has 0 aromatic carbocycles. The zero-order chi connectivity index (χ0) is 11.6. The van der Waals surface area contributed by atoms with Crippen molar-refractivity contribution in [1.29, 1.82) is 0 Å². The van der Waals surface area contributed by atoms with E-state index in [9.17, 15) is 0 Å². The average molecular weight is 227 g/mol. The summed E-state index contributed by atoms with van der Waals surface area (Å²) in [6.07, 6.45) is 9.50. The van der Waals surface area contributed by atoms with Crippen molar-refractivity contribution < 1.29 is 0 Å². The first-order valence-corrected chi connectivity index (χ1v) is 6.96. The molecule has 1 aliphatic carbocycles. The predicted octanol–water partition coefficient (Wildman–Crippen LogP) is 1.48. The van der Waals surface area contributed by atoms with Gasteiger partial charge in [0, 0.05) is 6.04 Å². The van der Waals surface area contributed by atoms with Gasteiger partial charge in [-0.05, 0) is 58.3 Å². The van der Waals surface area contributed by atoms with E-state index >= 15 is 0 Å². The molecule has 0 heterocycles. The van der Waals surface area contributed by atoms with Gasteiger partial charge in [0.15, 0.2) is 0 Å². The molecule has 0 aromatic rings. The maximum atomic E-state index is 5.54. The van der Waals surface area contributed by atoms with E-state index in [-0.39, 0.29) is 0 Å². The monoisotopic (exact) mass is 227 g/mol. The molecule has 0 bridgehead atoms. The van der Waals surface area contributed by atoms with Crippen molar-refractivity contribution in [2.24, 2.45) is 11.7 Å². The average Bonchev–Trinajstić information content (AvgIpc) is 2.35. The van der Waals surface area contributed by atoms with Crippen LogP contribution in [0.2, 0.25) is 0 Å². The van der Waals surface area contributed by atoms with E-state index in [0.717, 1.165) is 32.0 Å². The Hall–Kier alpha value is -0.120. The summed E-state index contributed by atoms with van der Waals surface area (Å²) in [6.45, 7) is 3.01. The fourth-order valence-electron chi connectivity index (χ4n) is 2.73. The van der Waals surface area contributed by atoms with E-state index in [1.54, 1.807) is 0 Å². The van der Waals surface area contributed by atoms with Crippen molar-refractivity contribution in [3.63, 3.8) is 0 Å². The lowest BCUT2D eigenvalue weighted by Crippen LogP contribution is -2.40. The highest BCUT2D eigenvalue weighted by Gasteiger charge is 2.22. The molecule has 3 heteroatoms. The highest BCUT2D eigenvalue weighted by Crippen LogP contribution is 2.27. The second-order valence-corrected chi connectivity index (χ2v) is 4.99. The van der Waals surface area contributed by atoms with Gasteiger partial charge in [0.25, 0.3) is 0 Å². The zero-order valence-electron chi connectivity index (χ0n) is 10.8. The standard InChI is InChI=1S/C13H29N3/c1-15-11-8-13(16-10-5-9-14)12-6-3-2-4-7-12/h12-13,15-16H,2-11,14H2,1H3. The van der Waals surface area contributed by atoms with Gasteiger partial charge < -0.3 is 16.4 Å². The van der Waals surface area contributed by atoms with Crippen LogP contribution in [0, 0.1) is 5.92 Å². The lowest BCUT2D eigenvalue weighted by atomic mass is 9.82. The molecule has 0 saturated heterocycles. The summed E-state index contributed by atoms with van der Waals surface area (Å²) in [4.78, 5) is 0. The molecular formula is C13H29N3. The van der Waals surface area contributed by atoms with E-state index in [4.69, 9.17) is 5.73 Å². The molecule has 3 nitrogen and oxygen atoms in total. The van der Waals surface area contributed by atoms with E-state index in [1.165, 1.54) is 38.5 Å². The second-order valence-electron chi connectivity index (χ2n) is 4.99. The van der Waals surface area contributed by atoms with Crippen LogP contribution in [0.5, 0.6) is 0 Å². The minimum absolute atomic E-state index is 0.708. The molecule has 0 amide bonds. The summed E-state index contributed by atoms with van der Waals surface area (Å²) >= 11 is 0. The van der Waals surface area contributed by atoms with Gasteiger partial charge in [-0.25, -0.2) is 0 Å². The molecule has 1 saturated carbocycles. The maximum Gasteiger partial charge on any atom is 0.0107 e. The zero-order valence-corrected chi connectivity index (χ0v) is 10.8. The van der Waals surface area contributed by atoms with Crippen LogP contribution >= 0.6 is 0 Å². The first-order valence-electron chi connectivity index (χ1n) is 6.96. The first kappa shape index (κ1) is 13.9. The van der Waals surface area contributed by atoms with Gasteiger partial charge in [-0.15, -0.1) is 0 Å². The SMILES string of the molecule is CNCCC(NCCCN)C1CCCCC1. The highest BCUT2D eigenvalue weighted by atomic mass is 14.9.